The second-order valence-electron chi connectivity index (χ2n) is 4.43. The van der Waals surface area contributed by atoms with Crippen LogP contribution >= 0.6 is 0 Å². The molecule has 0 atom stereocenters. The summed E-state index contributed by atoms with van der Waals surface area (Å²) >= 11 is 0. The predicted octanol–water partition coefficient (Wildman–Crippen LogP) is 2.19. The van der Waals surface area contributed by atoms with Gasteiger partial charge in [0.15, 0.2) is 0 Å². The van der Waals surface area contributed by atoms with E-state index in [0.717, 1.165) is 11.1 Å². The first-order chi connectivity index (χ1) is 8.00. The SMILES string of the molecule is CC(C(=O)O)=C(Cc1ccccc1)CN(C)C. The number of hydrogen-bond acceptors (Lipinski definition) is 2. The lowest BCUT2D eigenvalue weighted by atomic mass is 10.0. The fourth-order valence-corrected chi connectivity index (χ4v) is 1.68. The van der Waals surface area contributed by atoms with Gasteiger partial charge < -0.3 is 10.0 Å². The van der Waals surface area contributed by atoms with E-state index in [-0.39, 0.29) is 0 Å². The normalized spacial score (nSPS) is 12.5. The van der Waals surface area contributed by atoms with E-state index >= 15 is 0 Å². The first-order valence-electron chi connectivity index (χ1n) is 5.61. The Morgan fingerprint density at radius 2 is 1.82 bits per heavy atom. The third-order valence-electron chi connectivity index (χ3n) is 2.62. The van der Waals surface area contributed by atoms with E-state index in [1.165, 1.54) is 0 Å². The van der Waals surface area contributed by atoms with Crippen LogP contribution in [0.3, 0.4) is 0 Å². The summed E-state index contributed by atoms with van der Waals surface area (Å²) in [6, 6.07) is 9.94. The van der Waals surface area contributed by atoms with Gasteiger partial charge in [-0.3, -0.25) is 0 Å². The molecular formula is C14H19NO2. The van der Waals surface area contributed by atoms with Crippen molar-refractivity contribution in [1.29, 1.82) is 0 Å². The maximum Gasteiger partial charge on any atom is 0.331 e. The zero-order valence-corrected chi connectivity index (χ0v) is 10.6. The van der Waals surface area contributed by atoms with Crippen LogP contribution in [0.2, 0.25) is 0 Å². The number of benzene rings is 1. The highest BCUT2D eigenvalue weighted by molar-refractivity contribution is 5.87. The molecule has 1 N–H and O–H groups in total. The quantitative estimate of drug-likeness (QED) is 0.792. The first kappa shape index (κ1) is 13.5. The van der Waals surface area contributed by atoms with Crippen LogP contribution < -0.4 is 0 Å². The second kappa shape index (κ2) is 6.21. The number of rotatable bonds is 5. The van der Waals surface area contributed by atoms with Gasteiger partial charge in [0.05, 0.1) is 0 Å². The molecule has 0 saturated heterocycles. The van der Waals surface area contributed by atoms with Gasteiger partial charge in [-0.25, -0.2) is 4.79 Å². The Labute approximate surface area is 102 Å². The summed E-state index contributed by atoms with van der Waals surface area (Å²) in [5.74, 6) is -0.835. The largest absolute Gasteiger partial charge is 0.478 e. The summed E-state index contributed by atoms with van der Waals surface area (Å²) in [5, 5.41) is 9.07. The lowest BCUT2D eigenvalue weighted by Gasteiger charge is -2.15. The van der Waals surface area contributed by atoms with Crippen molar-refractivity contribution in [3.05, 3.63) is 47.0 Å². The van der Waals surface area contributed by atoms with E-state index in [1.807, 2.05) is 49.3 Å². The average molecular weight is 233 g/mol. The molecule has 0 heterocycles. The molecule has 3 nitrogen and oxygen atoms in total. The molecule has 0 amide bonds. The molecule has 0 unspecified atom stereocenters. The number of likely N-dealkylation sites (N-methyl/N-ethyl adjacent to an activating group) is 1. The monoisotopic (exact) mass is 233 g/mol. The molecule has 0 aliphatic rings. The van der Waals surface area contributed by atoms with E-state index < -0.39 is 5.97 Å². The molecule has 0 bridgehead atoms. The third kappa shape index (κ3) is 4.41. The van der Waals surface area contributed by atoms with Gasteiger partial charge in [-0.05, 0) is 38.6 Å². The number of carbonyl (C=O) groups is 1. The number of carboxylic acid groups (broad SMARTS) is 1. The molecule has 1 rings (SSSR count). The Hall–Kier alpha value is -1.61. The van der Waals surface area contributed by atoms with Crippen LogP contribution in [-0.2, 0) is 11.2 Å². The minimum Gasteiger partial charge on any atom is -0.478 e. The van der Waals surface area contributed by atoms with Crippen molar-refractivity contribution in [3.8, 4) is 0 Å². The first-order valence-corrected chi connectivity index (χ1v) is 5.61. The zero-order chi connectivity index (χ0) is 12.8. The van der Waals surface area contributed by atoms with Crippen LogP contribution in [0.25, 0.3) is 0 Å². The van der Waals surface area contributed by atoms with Crippen LogP contribution in [0.4, 0.5) is 0 Å². The second-order valence-corrected chi connectivity index (χ2v) is 4.43. The van der Waals surface area contributed by atoms with Crippen LogP contribution in [0, 0.1) is 0 Å². The number of hydrogen-bond donors (Lipinski definition) is 1. The Bertz CT molecular complexity index is 407. The summed E-state index contributed by atoms with van der Waals surface area (Å²) < 4.78 is 0. The number of aliphatic carboxylic acids is 1. The van der Waals surface area contributed by atoms with Gasteiger partial charge in [0.25, 0.3) is 0 Å². The summed E-state index contributed by atoms with van der Waals surface area (Å²) in [7, 11) is 3.89. The fourth-order valence-electron chi connectivity index (χ4n) is 1.68. The van der Waals surface area contributed by atoms with Crippen molar-refractivity contribution < 1.29 is 9.90 Å². The Balaban J connectivity index is 2.93. The molecule has 0 radical (unpaired) electrons. The molecule has 0 spiro atoms. The van der Waals surface area contributed by atoms with Crippen molar-refractivity contribution in [2.45, 2.75) is 13.3 Å². The summed E-state index contributed by atoms with van der Waals surface area (Å²) in [6.45, 7) is 2.34. The highest BCUT2D eigenvalue weighted by atomic mass is 16.4. The maximum atomic E-state index is 11.0. The van der Waals surface area contributed by atoms with Gasteiger partial charge in [0, 0.05) is 12.1 Å². The standard InChI is InChI=1S/C14H19NO2/c1-11(14(16)17)13(10-15(2)3)9-12-7-5-4-6-8-12/h4-8H,9-10H2,1-3H3,(H,16,17). The molecule has 92 valence electrons. The van der Waals surface area contributed by atoms with Gasteiger partial charge >= 0.3 is 5.97 Å². The van der Waals surface area contributed by atoms with Crippen molar-refractivity contribution >= 4 is 5.97 Å². The van der Waals surface area contributed by atoms with E-state index in [2.05, 4.69) is 0 Å². The molecule has 0 aliphatic carbocycles. The summed E-state index contributed by atoms with van der Waals surface area (Å²) in [6.07, 6.45) is 0.692. The summed E-state index contributed by atoms with van der Waals surface area (Å²) in [4.78, 5) is 13.0. The zero-order valence-electron chi connectivity index (χ0n) is 10.6. The molecule has 3 heteroatoms. The van der Waals surface area contributed by atoms with E-state index in [9.17, 15) is 4.79 Å². The lowest BCUT2D eigenvalue weighted by molar-refractivity contribution is -0.132. The van der Waals surface area contributed by atoms with Gasteiger partial charge in [-0.2, -0.15) is 0 Å². The van der Waals surface area contributed by atoms with Gasteiger partial charge in [0.2, 0.25) is 0 Å². The van der Waals surface area contributed by atoms with Gasteiger partial charge in [-0.1, -0.05) is 30.3 Å². The van der Waals surface area contributed by atoms with Gasteiger partial charge in [0.1, 0.15) is 0 Å². The maximum absolute atomic E-state index is 11.0. The molecular weight excluding hydrogens is 214 g/mol. The van der Waals surface area contributed by atoms with Crippen molar-refractivity contribution in [1.82, 2.24) is 4.90 Å². The number of carboxylic acids is 1. The lowest BCUT2D eigenvalue weighted by Crippen LogP contribution is -2.19. The molecule has 0 aliphatic heterocycles. The molecule has 0 fully saturated rings. The molecule has 17 heavy (non-hydrogen) atoms. The van der Waals surface area contributed by atoms with Crippen LogP contribution in [0.1, 0.15) is 12.5 Å². The average Bonchev–Trinajstić information content (AvgIpc) is 2.28. The van der Waals surface area contributed by atoms with Crippen molar-refractivity contribution in [2.24, 2.45) is 0 Å². The van der Waals surface area contributed by atoms with E-state index in [4.69, 9.17) is 5.11 Å². The van der Waals surface area contributed by atoms with Crippen molar-refractivity contribution in [2.75, 3.05) is 20.6 Å². The minimum absolute atomic E-state index is 0.447. The molecule has 0 aromatic heterocycles. The third-order valence-corrected chi connectivity index (χ3v) is 2.62. The van der Waals surface area contributed by atoms with Crippen LogP contribution in [-0.4, -0.2) is 36.6 Å². The Kier molecular flexibility index (Phi) is 4.91. The highest BCUT2D eigenvalue weighted by Crippen LogP contribution is 2.13. The molecule has 0 saturated carbocycles. The minimum atomic E-state index is -0.835. The smallest absolute Gasteiger partial charge is 0.331 e. The summed E-state index contributed by atoms with van der Waals surface area (Å²) in [5.41, 5.74) is 2.54. The molecule has 1 aromatic rings. The highest BCUT2D eigenvalue weighted by Gasteiger charge is 2.10. The molecule has 1 aromatic carbocycles. The van der Waals surface area contributed by atoms with E-state index in [0.29, 0.717) is 18.5 Å². The van der Waals surface area contributed by atoms with E-state index in [1.54, 1.807) is 6.92 Å². The Morgan fingerprint density at radius 1 is 1.24 bits per heavy atom. The topological polar surface area (TPSA) is 40.5 Å². The van der Waals surface area contributed by atoms with Crippen LogP contribution in [0.15, 0.2) is 41.5 Å². The predicted molar refractivity (Wildman–Crippen MR) is 69.0 cm³/mol. The number of nitrogens with zero attached hydrogens (tertiary/aromatic N) is 1. The van der Waals surface area contributed by atoms with Gasteiger partial charge in [-0.15, -0.1) is 0 Å². The van der Waals surface area contributed by atoms with Crippen molar-refractivity contribution in [3.63, 3.8) is 0 Å². The fraction of sp³-hybridized carbons (Fsp3) is 0.357. The Morgan fingerprint density at radius 3 is 2.29 bits per heavy atom. The van der Waals surface area contributed by atoms with Crippen LogP contribution in [0.5, 0.6) is 0 Å².